The first kappa shape index (κ1) is 18.7. The molecule has 0 aliphatic carbocycles. The number of ether oxygens (including phenoxy) is 2. The van der Waals surface area contributed by atoms with E-state index in [4.69, 9.17) is 14.7 Å². The molecule has 0 aromatic heterocycles. The van der Waals surface area contributed by atoms with Crippen LogP contribution >= 0.6 is 0 Å². The molecule has 140 valence electrons. The van der Waals surface area contributed by atoms with E-state index in [0.717, 1.165) is 4.31 Å². The van der Waals surface area contributed by atoms with Crippen molar-refractivity contribution in [2.75, 3.05) is 32.1 Å². The van der Waals surface area contributed by atoms with E-state index in [1.54, 1.807) is 24.3 Å². The number of nitrogens with one attached hydrogen (secondary N) is 1. The molecule has 1 aliphatic heterocycles. The maximum absolute atomic E-state index is 12.7. The maximum atomic E-state index is 12.7. The van der Waals surface area contributed by atoms with Gasteiger partial charge < -0.3 is 14.8 Å². The number of anilines is 1. The zero-order chi connectivity index (χ0) is 19.4. The Balaban J connectivity index is 1.69. The summed E-state index contributed by atoms with van der Waals surface area (Å²) in [5.41, 5.74) is 0.940. The van der Waals surface area contributed by atoms with Gasteiger partial charge in [-0.15, -0.1) is 0 Å². The molecule has 8 nitrogen and oxygen atoms in total. The fourth-order valence-electron chi connectivity index (χ4n) is 2.48. The van der Waals surface area contributed by atoms with Crippen molar-refractivity contribution >= 4 is 21.6 Å². The lowest BCUT2D eigenvalue weighted by Gasteiger charge is -2.21. The number of benzene rings is 2. The van der Waals surface area contributed by atoms with Crippen LogP contribution in [0.25, 0.3) is 0 Å². The molecule has 0 radical (unpaired) electrons. The van der Waals surface area contributed by atoms with Crippen LogP contribution < -0.4 is 14.8 Å². The number of nitrogens with zero attached hydrogens (tertiary/aromatic N) is 2. The second-order valence-electron chi connectivity index (χ2n) is 5.80. The summed E-state index contributed by atoms with van der Waals surface area (Å²) in [5.74, 6) is 0.350. The third-order valence-corrected chi connectivity index (χ3v) is 5.69. The van der Waals surface area contributed by atoms with Gasteiger partial charge in [0, 0.05) is 18.8 Å². The summed E-state index contributed by atoms with van der Waals surface area (Å²) in [7, 11) is -2.55. The highest BCUT2D eigenvalue weighted by molar-refractivity contribution is 7.89. The maximum Gasteiger partial charge on any atom is 0.243 e. The largest absolute Gasteiger partial charge is 0.486 e. The molecule has 1 amide bonds. The highest BCUT2D eigenvalue weighted by atomic mass is 32.2. The molecule has 27 heavy (non-hydrogen) atoms. The molecule has 9 heteroatoms. The number of hydrogen-bond donors (Lipinski definition) is 1. The zero-order valence-corrected chi connectivity index (χ0v) is 15.3. The van der Waals surface area contributed by atoms with Gasteiger partial charge in [0.25, 0.3) is 0 Å². The van der Waals surface area contributed by atoms with E-state index in [2.05, 4.69) is 5.32 Å². The Hall–Kier alpha value is -3.09. The molecule has 0 spiro atoms. The van der Waals surface area contributed by atoms with Crippen molar-refractivity contribution in [1.29, 1.82) is 5.26 Å². The van der Waals surface area contributed by atoms with Gasteiger partial charge in [-0.1, -0.05) is 0 Å². The van der Waals surface area contributed by atoms with Crippen LogP contribution in [-0.4, -0.2) is 45.4 Å². The minimum absolute atomic E-state index is 0.0143. The van der Waals surface area contributed by atoms with E-state index in [-0.39, 0.29) is 11.4 Å². The summed E-state index contributed by atoms with van der Waals surface area (Å²) in [6.45, 7) is 0.393. The third-order valence-electron chi connectivity index (χ3n) is 3.89. The quantitative estimate of drug-likeness (QED) is 0.834. The normalized spacial score (nSPS) is 13.1. The molecule has 1 N–H and O–H groups in total. The Morgan fingerprint density at radius 3 is 2.48 bits per heavy atom. The van der Waals surface area contributed by atoms with E-state index >= 15 is 0 Å². The van der Waals surface area contributed by atoms with Crippen molar-refractivity contribution in [3.8, 4) is 17.6 Å². The van der Waals surface area contributed by atoms with Gasteiger partial charge in [0.15, 0.2) is 11.5 Å². The Kier molecular flexibility index (Phi) is 5.30. The number of carbonyl (C=O) groups is 1. The number of rotatable bonds is 5. The van der Waals surface area contributed by atoms with E-state index in [1.165, 1.54) is 25.2 Å². The second kappa shape index (κ2) is 7.65. The van der Waals surface area contributed by atoms with Gasteiger partial charge in [0.2, 0.25) is 15.9 Å². The van der Waals surface area contributed by atoms with Crippen LogP contribution in [0.1, 0.15) is 5.56 Å². The molecule has 0 unspecified atom stereocenters. The summed E-state index contributed by atoms with van der Waals surface area (Å²) in [5, 5.41) is 11.4. The fourth-order valence-corrected chi connectivity index (χ4v) is 3.62. The molecule has 1 aliphatic rings. The molecule has 2 aromatic carbocycles. The average molecular weight is 387 g/mol. The molecule has 0 fully saturated rings. The zero-order valence-electron chi connectivity index (χ0n) is 14.5. The van der Waals surface area contributed by atoms with Gasteiger partial charge in [-0.25, -0.2) is 8.42 Å². The molecule has 3 rings (SSSR count). The first-order valence-electron chi connectivity index (χ1n) is 8.06. The fraction of sp³-hybridized carbons (Fsp3) is 0.222. The summed E-state index contributed by atoms with van der Waals surface area (Å²) in [6.07, 6.45) is 0. The molecular weight excluding hydrogens is 370 g/mol. The molecular formula is C18H17N3O5S. The summed E-state index contributed by atoms with van der Waals surface area (Å²) >= 11 is 0. The van der Waals surface area contributed by atoms with Gasteiger partial charge in [-0.05, 0) is 36.4 Å². The van der Waals surface area contributed by atoms with Crippen molar-refractivity contribution in [2.45, 2.75) is 4.90 Å². The van der Waals surface area contributed by atoms with Crippen molar-refractivity contribution in [2.24, 2.45) is 0 Å². The number of hydrogen-bond acceptors (Lipinski definition) is 6. The monoisotopic (exact) mass is 387 g/mol. The molecule has 0 bridgehead atoms. The predicted molar refractivity (Wildman–Crippen MR) is 97.0 cm³/mol. The molecule has 0 saturated carbocycles. The standard InChI is InChI=1S/C18H17N3O5S/c1-21(12-18(22)20-14-4-2-13(11-19)3-5-14)27(23,24)15-6-7-16-17(10-15)26-9-8-25-16/h2-7,10H,8-9,12H2,1H3,(H,20,22). The van der Waals surface area contributed by atoms with Crippen LogP contribution in [0.4, 0.5) is 5.69 Å². The van der Waals surface area contributed by atoms with Crippen LogP contribution in [0.3, 0.4) is 0 Å². The average Bonchev–Trinajstić information content (AvgIpc) is 2.68. The summed E-state index contributed by atoms with van der Waals surface area (Å²) in [4.78, 5) is 12.2. The topological polar surface area (TPSA) is 109 Å². The summed E-state index contributed by atoms with van der Waals surface area (Å²) in [6, 6.07) is 12.6. The van der Waals surface area contributed by atoms with Gasteiger partial charge >= 0.3 is 0 Å². The molecule has 2 aromatic rings. The predicted octanol–water partition coefficient (Wildman–Crippen LogP) is 1.59. The third kappa shape index (κ3) is 4.19. The Morgan fingerprint density at radius 2 is 1.81 bits per heavy atom. The smallest absolute Gasteiger partial charge is 0.243 e. The molecule has 1 heterocycles. The Bertz CT molecular complexity index is 997. The van der Waals surface area contributed by atoms with E-state index in [0.29, 0.717) is 36.0 Å². The Labute approximate surface area is 157 Å². The number of carbonyl (C=O) groups excluding carboxylic acids is 1. The van der Waals surface area contributed by atoms with Crippen LogP contribution in [0.15, 0.2) is 47.4 Å². The first-order chi connectivity index (χ1) is 12.9. The second-order valence-corrected chi connectivity index (χ2v) is 7.85. The van der Waals surface area contributed by atoms with Crippen molar-refractivity contribution in [3.05, 3.63) is 48.0 Å². The highest BCUT2D eigenvalue weighted by Gasteiger charge is 2.25. The number of likely N-dealkylation sites (N-methyl/N-ethyl adjacent to an activating group) is 1. The van der Waals surface area contributed by atoms with E-state index in [9.17, 15) is 13.2 Å². The number of nitriles is 1. The van der Waals surface area contributed by atoms with Crippen molar-refractivity contribution in [3.63, 3.8) is 0 Å². The van der Waals surface area contributed by atoms with Gasteiger partial charge in [0.1, 0.15) is 13.2 Å². The lowest BCUT2D eigenvalue weighted by molar-refractivity contribution is -0.116. The van der Waals surface area contributed by atoms with Crippen LogP contribution in [-0.2, 0) is 14.8 Å². The number of fused-ring (bicyclic) bond motifs is 1. The Morgan fingerprint density at radius 1 is 1.15 bits per heavy atom. The van der Waals surface area contributed by atoms with Crippen LogP contribution in [0.5, 0.6) is 11.5 Å². The van der Waals surface area contributed by atoms with Gasteiger partial charge in [0.05, 0.1) is 23.1 Å². The number of amides is 1. The van der Waals surface area contributed by atoms with E-state index < -0.39 is 15.9 Å². The van der Waals surface area contributed by atoms with Crippen LogP contribution in [0, 0.1) is 11.3 Å². The lowest BCUT2D eigenvalue weighted by Crippen LogP contribution is -2.35. The first-order valence-corrected chi connectivity index (χ1v) is 9.50. The van der Waals surface area contributed by atoms with Crippen molar-refractivity contribution < 1.29 is 22.7 Å². The number of sulfonamides is 1. The molecule has 0 atom stereocenters. The minimum Gasteiger partial charge on any atom is -0.486 e. The summed E-state index contributed by atoms with van der Waals surface area (Å²) < 4.78 is 37.2. The van der Waals surface area contributed by atoms with Crippen molar-refractivity contribution in [1.82, 2.24) is 4.31 Å². The van der Waals surface area contributed by atoms with E-state index in [1.807, 2.05) is 6.07 Å². The minimum atomic E-state index is -3.88. The highest BCUT2D eigenvalue weighted by Crippen LogP contribution is 2.32. The molecule has 0 saturated heterocycles. The van der Waals surface area contributed by atoms with Gasteiger partial charge in [-0.2, -0.15) is 9.57 Å². The SMILES string of the molecule is CN(CC(=O)Nc1ccc(C#N)cc1)S(=O)(=O)c1ccc2c(c1)OCCO2. The van der Waals surface area contributed by atoms with Crippen LogP contribution in [0.2, 0.25) is 0 Å². The lowest BCUT2D eigenvalue weighted by atomic mass is 10.2. The van der Waals surface area contributed by atoms with Gasteiger partial charge in [-0.3, -0.25) is 4.79 Å².